The summed E-state index contributed by atoms with van der Waals surface area (Å²) >= 11 is 3.50. The number of benzene rings is 1. The van der Waals surface area contributed by atoms with Crippen LogP contribution in [0.25, 0.3) is 0 Å². The van der Waals surface area contributed by atoms with E-state index in [0.29, 0.717) is 25.6 Å². The van der Waals surface area contributed by atoms with Gasteiger partial charge in [0.15, 0.2) is 5.41 Å². The summed E-state index contributed by atoms with van der Waals surface area (Å²) in [4.78, 5) is 4.51. The molecule has 1 saturated carbocycles. The normalized spacial score (nSPS) is 27.7. The monoisotopic (exact) mass is 488 g/mol. The third kappa shape index (κ3) is 3.33. The fourth-order valence-electron chi connectivity index (χ4n) is 4.57. The Balaban J connectivity index is 2.16. The Morgan fingerprint density at radius 1 is 1.10 bits per heavy atom. The molecule has 0 aromatic heterocycles. The second kappa shape index (κ2) is 9.16. The van der Waals surface area contributed by atoms with E-state index in [2.05, 4.69) is 46.9 Å². The van der Waals surface area contributed by atoms with E-state index >= 15 is 0 Å². The summed E-state index contributed by atoms with van der Waals surface area (Å²) in [5.41, 5.74) is 4.35. The van der Waals surface area contributed by atoms with Crippen LogP contribution in [-0.2, 0) is 9.47 Å². The molecule has 0 radical (unpaired) electrons. The van der Waals surface area contributed by atoms with E-state index in [0.717, 1.165) is 35.7 Å². The Morgan fingerprint density at radius 3 is 2.26 bits per heavy atom. The molecule has 7 nitrogen and oxygen atoms in total. The van der Waals surface area contributed by atoms with Crippen LogP contribution >= 0.6 is 15.9 Å². The molecule has 2 N–H and O–H groups in total. The van der Waals surface area contributed by atoms with E-state index in [1.54, 1.807) is 0 Å². The summed E-state index contributed by atoms with van der Waals surface area (Å²) in [7, 11) is 0. The number of aliphatic imine (C=N–C) groups is 1. The molecule has 0 saturated heterocycles. The van der Waals surface area contributed by atoms with Crippen LogP contribution in [0.4, 0.5) is 0 Å². The van der Waals surface area contributed by atoms with Crippen LogP contribution in [0.15, 0.2) is 27.7 Å². The molecule has 1 aromatic carbocycles. The van der Waals surface area contributed by atoms with E-state index in [9.17, 15) is 10.5 Å². The van der Waals surface area contributed by atoms with Crippen LogP contribution in [0.3, 0.4) is 0 Å². The molecule has 8 heteroatoms. The molecule has 1 aliphatic carbocycles. The van der Waals surface area contributed by atoms with E-state index in [1.807, 2.05) is 25.1 Å². The summed E-state index contributed by atoms with van der Waals surface area (Å²) in [5, 5.41) is 20.8. The lowest BCUT2D eigenvalue weighted by Gasteiger charge is -2.33. The SMILES string of the molecule is CCCCOC1(OCCCC)N=C(N)C2(C#N)C(c3cc(Br)ccc3OCC)C12C#N. The molecule has 3 rings (SSSR count). The van der Waals surface area contributed by atoms with Crippen molar-refractivity contribution in [2.45, 2.75) is 58.3 Å². The summed E-state index contributed by atoms with van der Waals surface area (Å²) in [6.45, 7) is 7.16. The number of ether oxygens (including phenoxy) is 3. The van der Waals surface area contributed by atoms with Crippen molar-refractivity contribution < 1.29 is 14.2 Å². The van der Waals surface area contributed by atoms with Gasteiger partial charge in [0, 0.05) is 16.0 Å². The van der Waals surface area contributed by atoms with Crippen molar-refractivity contribution in [3.05, 3.63) is 28.2 Å². The van der Waals surface area contributed by atoms with Gasteiger partial charge >= 0.3 is 0 Å². The summed E-state index contributed by atoms with van der Waals surface area (Å²) in [6.07, 6.45) is 3.38. The van der Waals surface area contributed by atoms with Crippen LogP contribution in [0.1, 0.15) is 57.9 Å². The number of nitriles is 2. The van der Waals surface area contributed by atoms with E-state index < -0.39 is 22.7 Å². The van der Waals surface area contributed by atoms with Crippen molar-refractivity contribution in [2.75, 3.05) is 19.8 Å². The first-order valence-electron chi connectivity index (χ1n) is 10.8. The van der Waals surface area contributed by atoms with Crippen LogP contribution in [-0.4, -0.2) is 31.6 Å². The number of nitrogens with two attached hydrogens (primary N) is 1. The fraction of sp³-hybridized carbons (Fsp3) is 0.609. The Hall–Kier alpha value is -2.13. The molecule has 166 valence electrons. The first-order valence-corrected chi connectivity index (χ1v) is 11.6. The molecule has 1 heterocycles. The van der Waals surface area contributed by atoms with Gasteiger partial charge in [-0.2, -0.15) is 10.5 Å². The Bertz CT molecular complexity index is 928. The lowest BCUT2D eigenvalue weighted by molar-refractivity contribution is -0.260. The third-order valence-corrected chi connectivity index (χ3v) is 6.59. The van der Waals surface area contributed by atoms with Gasteiger partial charge in [-0.1, -0.05) is 42.6 Å². The molecule has 1 fully saturated rings. The minimum atomic E-state index is -1.62. The zero-order valence-corrected chi connectivity index (χ0v) is 19.9. The molecule has 0 amide bonds. The maximum Gasteiger partial charge on any atom is 0.293 e. The Kier molecular flexibility index (Phi) is 6.95. The molecule has 0 spiro atoms. The number of unbranched alkanes of at least 4 members (excludes halogenated alkanes) is 2. The van der Waals surface area contributed by atoms with Crippen molar-refractivity contribution in [2.24, 2.45) is 21.6 Å². The van der Waals surface area contributed by atoms with Gasteiger partial charge in [0.05, 0.1) is 32.0 Å². The van der Waals surface area contributed by atoms with Crippen molar-refractivity contribution in [1.82, 2.24) is 0 Å². The van der Waals surface area contributed by atoms with Gasteiger partial charge in [-0.15, -0.1) is 0 Å². The summed E-state index contributed by atoms with van der Waals surface area (Å²) < 4.78 is 19.0. The lowest BCUT2D eigenvalue weighted by atomic mass is 9.93. The number of nitrogens with zero attached hydrogens (tertiary/aromatic N) is 3. The Morgan fingerprint density at radius 2 is 1.74 bits per heavy atom. The third-order valence-electron chi connectivity index (χ3n) is 6.10. The largest absolute Gasteiger partial charge is 0.494 e. The number of hydrogen-bond donors (Lipinski definition) is 1. The highest BCUT2D eigenvalue weighted by atomic mass is 79.9. The predicted molar refractivity (Wildman–Crippen MR) is 120 cm³/mol. The maximum atomic E-state index is 10.5. The highest BCUT2D eigenvalue weighted by Gasteiger charge is 2.94. The first-order chi connectivity index (χ1) is 14.9. The minimum absolute atomic E-state index is 0.0805. The number of fused-ring (bicyclic) bond motifs is 1. The number of hydrogen-bond acceptors (Lipinski definition) is 7. The number of amidine groups is 1. The lowest BCUT2D eigenvalue weighted by Crippen LogP contribution is -2.44. The average Bonchev–Trinajstić information content (AvgIpc) is 3.33. The van der Waals surface area contributed by atoms with E-state index in [1.165, 1.54) is 0 Å². The summed E-state index contributed by atoms with van der Waals surface area (Å²) in [6, 6.07) is 10.3. The molecule has 0 bridgehead atoms. The van der Waals surface area contributed by atoms with Gasteiger partial charge < -0.3 is 19.9 Å². The second-order valence-electron chi connectivity index (χ2n) is 7.87. The second-order valence-corrected chi connectivity index (χ2v) is 8.79. The van der Waals surface area contributed by atoms with Gasteiger partial charge in [0.2, 0.25) is 0 Å². The van der Waals surface area contributed by atoms with E-state index in [-0.39, 0.29) is 5.84 Å². The van der Waals surface area contributed by atoms with Crippen LogP contribution in [0.5, 0.6) is 5.75 Å². The zero-order chi connectivity index (χ0) is 22.7. The molecule has 1 aliphatic heterocycles. The maximum absolute atomic E-state index is 10.5. The standard InChI is InChI=1S/C23H29BrN4O3/c1-4-7-11-30-23(31-12-8-5-2)22(15-26)19(21(22,14-25)20(27)28-23)17-13-16(24)9-10-18(17)29-6-3/h9-10,13,19H,4-8,11-12H2,1-3H3,(H2,27,28). The van der Waals surface area contributed by atoms with Crippen molar-refractivity contribution in [3.63, 3.8) is 0 Å². The van der Waals surface area contributed by atoms with Gasteiger partial charge in [0.1, 0.15) is 17.0 Å². The molecule has 3 atom stereocenters. The average molecular weight is 489 g/mol. The molecule has 2 aliphatic rings. The van der Waals surface area contributed by atoms with Crippen molar-refractivity contribution in [3.8, 4) is 17.9 Å². The van der Waals surface area contributed by atoms with Crippen LogP contribution in [0, 0.1) is 33.5 Å². The minimum Gasteiger partial charge on any atom is -0.494 e. The number of halogens is 1. The smallest absolute Gasteiger partial charge is 0.293 e. The number of rotatable bonds is 11. The summed E-state index contributed by atoms with van der Waals surface area (Å²) in [5.74, 6) is -1.52. The first kappa shape index (κ1) is 23.5. The van der Waals surface area contributed by atoms with Gasteiger partial charge in [-0.3, -0.25) is 0 Å². The Labute approximate surface area is 192 Å². The highest BCUT2D eigenvalue weighted by molar-refractivity contribution is 9.10. The van der Waals surface area contributed by atoms with Crippen LogP contribution < -0.4 is 10.5 Å². The molecule has 1 aromatic rings. The zero-order valence-electron chi connectivity index (χ0n) is 18.3. The quantitative estimate of drug-likeness (QED) is 0.358. The molecular weight excluding hydrogens is 460 g/mol. The van der Waals surface area contributed by atoms with Crippen LogP contribution in [0.2, 0.25) is 0 Å². The highest BCUT2D eigenvalue weighted by Crippen LogP contribution is 2.82. The van der Waals surface area contributed by atoms with Gasteiger partial charge in [0.25, 0.3) is 5.91 Å². The van der Waals surface area contributed by atoms with Gasteiger partial charge in [-0.05, 0) is 38.0 Å². The van der Waals surface area contributed by atoms with Crippen molar-refractivity contribution in [1.29, 1.82) is 10.5 Å². The van der Waals surface area contributed by atoms with Gasteiger partial charge in [-0.25, -0.2) is 4.99 Å². The predicted octanol–water partition coefficient (Wildman–Crippen LogP) is 4.62. The fourth-order valence-corrected chi connectivity index (χ4v) is 4.95. The van der Waals surface area contributed by atoms with Crippen molar-refractivity contribution >= 4 is 21.8 Å². The topological polar surface area (TPSA) is 114 Å². The van der Waals surface area contributed by atoms with E-state index in [4.69, 9.17) is 19.9 Å². The molecular formula is C23H29BrN4O3. The molecule has 31 heavy (non-hydrogen) atoms. The molecule has 3 unspecified atom stereocenters.